The summed E-state index contributed by atoms with van der Waals surface area (Å²) < 4.78 is 15.5. The first kappa shape index (κ1) is 18.7. The smallest absolute Gasteiger partial charge is 0.187 e. The maximum atomic E-state index is 9.83. The Bertz CT molecular complexity index is 559. The number of hydrogen-bond donors (Lipinski definition) is 5. The van der Waals surface area contributed by atoms with Gasteiger partial charge < -0.3 is 39.7 Å². The van der Waals surface area contributed by atoms with Crippen LogP contribution in [0, 0.1) is 0 Å². The number of benzene rings is 1. The van der Waals surface area contributed by atoms with Crippen LogP contribution in [0.25, 0.3) is 6.08 Å². The molecule has 24 heavy (non-hydrogen) atoms. The number of hydrogen-bond acceptors (Lipinski definition) is 8. The van der Waals surface area contributed by atoms with Crippen LogP contribution in [0.4, 0.5) is 0 Å². The van der Waals surface area contributed by atoms with E-state index in [2.05, 4.69) is 0 Å². The van der Waals surface area contributed by atoms with Crippen LogP contribution in [0.1, 0.15) is 5.56 Å². The molecular weight excluding hydrogens is 320 g/mol. The third kappa shape index (κ3) is 4.23. The third-order valence-electron chi connectivity index (χ3n) is 3.72. The second kappa shape index (κ2) is 8.43. The van der Waals surface area contributed by atoms with Gasteiger partial charge >= 0.3 is 0 Å². The van der Waals surface area contributed by atoms with Crippen LogP contribution in [-0.4, -0.2) is 76.6 Å². The highest BCUT2D eigenvalue weighted by atomic mass is 16.7. The normalized spacial score (nSPS) is 30.6. The minimum Gasteiger partial charge on any atom is -0.504 e. The van der Waals surface area contributed by atoms with Crippen LogP contribution < -0.4 is 4.74 Å². The van der Waals surface area contributed by atoms with Crippen molar-refractivity contribution in [2.24, 2.45) is 0 Å². The zero-order chi connectivity index (χ0) is 17.7. The molecule has 0 radical (unpaired) electrons. The lowest BCUT2D eigenvalue weighted by Gasteiger charge is -2.39. The lowest BCUT2D eigenvalue weighted by atomic mass is 9.99. The molecule has 0 bridgehead atoms. The molecule has 2 rings (SSSR count). The van der Waals surface area contributed by atoms with Crippen LogP contribution in [0.5, 0.6) is 11.5 Å². The zero-order valence-corrected chi connectivity index (χ0v) is 13.1. The SMILES string of the molecule is COc1cc(/C=C/CO[C@@H]2O[C@H](CO)[C@@H](O)[C@H](O)[C@H]2O)ccc1O. The van der Waals surface area contributed by atoms with Gasteiger partial charge in [0.15, 0.2) is 17.8 Å². The highest BCUT2D eigenvalue weighted by Crippen LogP contribution is 2.27. The van der Waals surface area contributed by atoms with Crippen molar-refractivity contribution in [3.8, 4) is 11.5 Å². The van der Waals surface area contributed by atoms with Gasteiger partial charge in [0, 0.05) is 0 Å². The highest BCUT2D eigenvalue weighted by Gasteiger charge is 2.43. The minimum absolute atomic E-state index is 0.0345. The number of phenolic OH excluding ortho intramolecular Hbond substituents is 1. The van der Waals surface area contributed by atoms with Crippen LogP contribution in [0.2, 0.25) is 0 Å². The molecule has 8 heteroatoms. The van der Waals surface area contributed by atoms with Crippen LogP contribution in [-0.2, 0) is 9.47 Å². The molecule has 0 aromatic heterocycles. The monoisotopic (exact) mass is 342 g/mol. The summed E-state index contributed by atoms with van der Waals surface area (Å²) in [6.07, 6.45) is -3.11. The number of methoxy groups -OCH3 is 1. The number of rotatable bonds is 6. The summed E-state index contributed by atoms with van der Waals surface area (Å²) in [6, 6.07) is 4.82. The number of aliphatic hydroxyl groups is 4. The molecule has 1 aromatic rings. The van der Waals surface area contributed by atoms with Crippen molar-refractivity contribution in [3.63, 3.8) is 0 Å². The van der Waals surface area contributed by atoms with Gasteiger partial charge in [0.25, 0.3) is 0 Å². The van der Waals surface area contributed by atoms with Crippen LogP contribution in [0.3, 0.4) is 0 Å². The Morgan fingerprint density at radius 1 is 1.17 bits per heavy atom. The van der Waals surface area contributed by atoms with Crippen LogP contribution >= 0.6 is 0 Å². The Balaban J connectivity index is 1.91. The van der Waals surface area contributed by atoms with Gasteiger partial charge in [0.1, 0.15) is 24.4 Å². The molecule has 1 aliphatic rings. The molecule has 1 heterocycles. The van der Waals surface area contributed by atoms with Crippen molar-refractivity contribution < 1.29 is 39.7 Å². The van der Waals surface area contributed by atoms with Crippen molar-refractivity contribution in [3.05, 3.63) is 29.8 Å². The maximum Gasteiger partial charge on any atom is 0.187 e. The third-order valence-corrected chi connectivity index (χ3v) is 3.72. The molecule has 5 N–H and O–H groups in total. The van der Waals surface area contributed by atoms with E-state index in [0.717, 1.165) is 5.56 Å². The lowest BCUT2D eigenvalue weighted by molar-refractivity contribution is -0.298. The molecule has 8 nitrogen and oxygen atoms in total. The number of aliphatic hydroxyl groups excluding tert-OH is 4. The summed E-state index contributed by atoms with van der Waals surface area (Å²) in [6.45, 7) is -0.445. The van der Waals surface area contributed by atoms with E-state index >= 15 is 0 Å². The van der Waals surface area contributed by atoms with Crippen molar-refractivity contribution in [2.45, 2.75) is 30.7 Å². The van der Waals surface area contributed by atoms with E-state index in [-0.39, 0.29) is 12.4 Å². The maximum absolute atomic E-state index is 9.83. The summed E-state index contributed by atoms with van der Waals surface area (Å²) in [5.74, 6) is 0.374. The zero-order valence-electron chi connectivity index (χ0n) is 13.1. The number of phenols is 1. The van der Waals surface area contributed by atoms with Gasteiger partial charge in [0.2, 0.25) is 0 Å². The van der Waals surface area contributed by atoms with Gasteiger partial charge in [-0.1, -0.05) is 18.2 Å². The molecule has 0 unspecified atom stereocenters. The van der Waals surface area contributed by atoms with Crippen molar-refractivity contribution in [2.75, 3.05) is 20.3 Å². The quantitative estimate of drug-likeness (QED) is 0.456. The number of aromatic hydroxyl groups is 1. The predicted molar refractivity (Wildman–Crippen MR) is 83.4 cm³/mol. The van der Waals surface area contributed by atoms with Gasteiger partial charge in [0.05, 0.1) is 20.3 Å². The molecule has 134 valence electrons. The fourth-order valence-electron chi connectivity index (χ4n) is 2.34. The van der Waals surface area contributed by atoms with E-state index in [9.17, 15) is 20.4 Å². The van der Waals surface area contributed by atoms with E-state index in [1.54, 1.807) is 24.3 Å². The average Bonchev–Trinajstić information content (AvgIpc) is 2.59. The van der Waals surface area contributed by atoms with E-state index in [0.29, 0.717) is 5.75 Å². The predicted octanol–water partition coefficient (Wildman–Crippen LogP) is -0.770. The Labute approximate surface area is 139 Å². The van der Waals surface area contributed by atoms with Gasteiger partial charge in [-0.25, -0.2) is 0 Å². The molecule has 1 aliphatic heterocycles. The molecule has 0 amide bonds. The molecule has 1 aromatic carbocycles. The Morgan fingerprint density at radius 2 is 1.92 bits per heavy atom. The largest absolute Gasteiger partial charge is 0.504 e. The molecule has 5 atom stereocenters. The standard InChI is InChI=1S/C16H22O8/c1-22-11-7-9(4-5-10(11)18)3-2-6-23-16-15(21)14(20)13(19)12(8-17)24-16/h2-5,7,12-21H,6,8H2,1H3/b3-2+/t12-,13-,14+,15-,16-/m1/s1. The van der Waals surface area contributed by atoms with Gasteiger partial charge in [-0.05, 0) is 17.7 Å². The fourth-order valence-corrected chi connectivity index (χ4v) is 2.34. The fraction of sp³-hybridized carbons (Fsp3) is 0.500. The van der Waals surface area contributed by atoms with E-state index in [4.69, 9.17) is 19.3 Å². The van der Waals surface area contributed by atoms with Gasteiger partial charge in [-0.3, -0.25) is 0 Å². The van der Waals surface area contributed by atoms with Gasteiger partial charge in [-0.2, -0.15) is 0 Å². The summed E-state index contributed by atoms with van der Waals surface area (Å²) in [4.78, 5) is 0. The summed E-state index contributed by atoms with van der Waals surface area (Å²) in [7, 11) is 1.45. The summed E-state index contributed by atoms with van der Waals surface area (Å²) in [5.41, 5.74) is 0.766. The Kier molecular flexibility index (Phi) is 6.55. The average molecular weight is 342 g/mol. The van der Waals surface area contributed by atoms with Gasteiger partial charge in [-0.15, -0.1) is 0 Å². The minimum atomic E-state index is -1.47. The van der Waals surface area contributed by atoms with E-state index in [1.165, 1.54) is 13.2 Å². The first-order valence-corrected chi connectivity index (χ1v) is 7.43. The number of ether oxygens (including phenoxy) is 3. The molecule has 0 spiro atoms. The van der Waals surface area contributed by atoms with Crippen molar-refractivity contribution >= 4 is 6.08 Å². The molecule has 0 saturated carbocycles. The molecule has 1 fully saturated rings. The second-order valence-corrected chi connectivity index (χ2v) is 5.36. The Hall–Kier alpha value is -1.68. The lowest BCUT2D eigenvalue weighted by Crippen LogP contribution is -2.59. The van der Waals surface area contributed by atoms with Crippen molar-refractivity contribution in [1.29, 1.82) is 0 Å². The summed E-state index contributed by atoms with van der Waals surface area (Å²) >= 11 is 0. The van der Waals surface area contributed by atoms with E-state index in [1.807, 2.05) is 0 Å². The van der Waals surface area contributed by atoms with Crippen molar-refractivity contribution in [1.82, 2.24) is 0 Å². The first-order chi connectivity index (χ1) is 11.5. The second-order valence-electron chi connectivity index (χ2n) is 5.36. The first-order valence-electron chi connectivity index (χ1n) is 7.43. The highest BCUT2D eigenvalue weighted by molar-refractivity contribution is 5.55. The molecule has 0 aliphatic carbocycles. The molecular formula is C16H22O8. The topological polar surface area (TPSA) is 129 Å². The Morgan fingerprint density at radius 3 is 2.58 bits per heavy atom. The van der Waals surface area contributed by atoms with Crippen LogP contribution in [0.15, 0.2) is 24.3 Å². The summed E-state index contributed by atoms with van der Waals surface area (Å²) in [5, 5.41) is 47.8. The molecule has 1 saturated heterocycles. The van der Waals surface area contributed by atoms with E-state index < -0.39 is 37.3 Å².